The smallest absolute Gasteiger partial charge is 0.410 e. The fourth-order valence-electron chi connectivity index (χ4n) is 5.67. The highest BCUT2D eigenvalue weighted by Crippen LogP contribution is 2.33. The fraction of sp³-hybridized carbons (Fsp3) is 0.600. The predicted octanol–water partition coefficient (Wildman–Crippen LogP) is 1.90. The Morgan fingerprint density at radius 2 is 1.74 bits per heavy atom. The molecule has 3 aliphatic rings. The van der Waals surface area contributed by atoms with Crippen molar-refractivity contribution in [3.63, 3.8) is 0 Å². The zero-order valence-corrected chi connectivity index (χ0v) is 20.7. The number of carbonyl (C=O) groups is 3. The van der Waals surface area contributed by atoms with Gasteiger partial charge in [-0.25, -0.2) is 9.59 Å². The lowest BCUT2D eigenvalue weighted by molar-refractivity contribution is -0.135. The summed E-state index contributed by atoms with van der Waals surface area (Å²) in [4.78, 5) is 53.9. The number of hydrogen-bond donors (Lipinski definition) is 1. The number of aryl methyl sites for hydroxylation is 1. The van der Waals surface area contributed by atoms with Gasteiger partial charge in [0.15, 0.2) is 0 Å². The summed E-state index contributed by atoms with van der Waals surface area (Å²) >= 11 is 0. The molecule has 4 heterocycles. The van der Waals surface area contributed by atoms with Crippen molar-refractivity contribution in [3.8, 4) is 0 Å². The molecular formula is C25H33N5O5. The molecule has 3 aliphatic heterocycles. The second-order valence-electron chi connectivity index (χ2n) is 10.9. The van der Waals surface area contributed by atoms with E-state index in [0.717, 1.165) is 30.5 Å². The zero-order chi connectivity index (χ0) is 25.1. The Balaban J connectivity index is 1.35. The van der Waals surface area contributed by atoms with Crippen molar-refractivity contribution in [1.82, 2.24) is 24.3 Å². The van der Waals surface area contributed by atoms with Crippen molar-refractivity contribution >= 4 is 28.9 Å². The van der Waals surface area contributed by atoms with Crippen LogP contribution < -0.4 is 11.0 Å². The number of amides is 3. The standard InChI is InChI=1S/C25H33N5O5/c1-25(2,3)35-24(34)28-13-16-6-7-17(14-28)29(16)12-15-5-8-18-20(11-15)27(4)23(33)30(18)19-9-10-21(31)26-22(19)32/h5,8,11,16-17,19H,6-7,9-10,12-14H2,1-4H3,(H,26,31,32). The molecule has 188 valence electrons. The van der Waals surface area contributed by atoms with Gasteiger partial charge < -0.3 is 9.64 Å². The van der Waals surface area contributed by atoms with Crippen LogP contribution in [0.1, 0.15) is 58.1 Å². The van der Waals surface area contributed by atoms with Gasteiger partial charge in [0.05, 0.1) is 11.0 Å². The Morgan fingerprint density at radius 1 is 1.06 bits per heavy atom. The van der Waals surface area contributed by atoms with Crippen molar-refractivity contribution < 1.29 is 19.1 Å². The minimum Gasteiger partial charge on any atom is -0.444 e. The van der Waals surface area contributed by atoms with Crippen LogP contribution in [0.5, 0.6) is 0 Å². The van der Waals surface area contributed by atoms with E-state index in [1.165, 1.54) is 4.57 Å². The Morgan fingerprint density at radius 3 is 2.37 bits per heavy atom. The van der Waals surface area contributed by atoms with Gasteiger partial charge >= 0.3 is 11.8 Å². The molecule has 0 aliphatic carbocycles. The fourth-order valence-corrected chi connectivity index (χ4v) is 5.67. The van der Waals surface area contributed by atoms with E-state index < -0.39 is 17.6 Å². The summed E-state index contributed by atoms with van der Waals surface area (Å²) in [7, 11) is 1.71. The molecule has 1 N–H and O–H groups in total. The van der Waals surface area contributed by atoms with E-state index in [4.69, 9.17) is 4.74 Å². The third-order valence-corrected chi connectivity index (χ3v) is 7.33. The topological polar surface area (TPSA) is 106 Å². The number of hydrogen-bond acceptors (Lipinski definition) is 6. The molecule has 2 bridgehead atoms. The van der Waals surface area contributed by atoms with Crippen LogP contribution in [-0.4, -0.2) is 67.6 Å². The SMILES string of the molecule is Cn1c(=O)n(C2CCC(=O)NC2=O)c2ccc(CN3C4CCC3CN(C(=O)OC(C)(C)C)C4)cc21. The van der Waals surface area contributed by atoms with E-state index in [1.807, 2.05) is 43.9 Å². The highest BCUT2D eigenvalue weighted by atomic mass is 16.6. The first kappa shape index (κ1) is 23.6. The summed E-state index contributed by atoms with van der Waals surface area (Å²) in [6.45, 7) is 7.67. The molecule has 10 heteroatoms. The van der Waals surface area contributed by atoms with E-state index in [2.05, 4.69) is 10.2 Å². The Labute approximate surface area is 203 Å². The summed E-state index contributed by atoms with van der Waals surface area (Å²) in [5.41, 5.74) is 1.75. The highest BCUT2D eigenvalue weighted by molar-refractivity contribution is 6.00. The summed E-state index contributed by atoms with van der Waals surface area (Å²) < 4.78 is 8.65. The summed E-state index contributed by atoms with van der Waals surface area (Å²) in [5, 5.41) is 2.34. The summed E-state index contributed by atoms with van der Waals surface area (Å²) in [6.07, 6.45) is 2.36. The maximum atomic E-state index is 13.0. The quantitative estimate of drug-likeness (QED) is 0.669. The molecule has 0 radical (unpaired) electrons. The van der Waals surface area contributed by atoms with Gasteiger partial charge in [0.2, 0.25) is 11.8 Å². The van der Waals surface area contributed by atoms with E-state index >= 15 is 0 Å². The van der Waals surface area contributed by atoms with Crippen LogP contribution in [0.25, 0.3) is 11.0 Å². The number of piperidine rings is 1. The number of imide groups is 1. The number of nitrogens with zero attached hydrogens (tertiary/aromatic N) is 4. The molecule has 3 amide bonds. The molecule has 1 aromatic heterocycles. The lowest BCUT2D eigenvalue weighted by Crippen LogP contribution is -2.55. The number of piperazine rings is 1. The molecule has 3 unspecified atom stereocenters. The first-order valence-corrected chi connectivity index (χ1v) is 12.3. The van der Waals surface area contributed by atoms with E-state index in [1.54, 1.807) is 11.6 Å². The van der Waals surface area contributed by atoms with Gasteiger partial charge in [0.25, 0.3) is 0 Å². The highest BCUT2D eigenvalue weighted by Gasteiger charge is 2.42. The number of fused-ring (bicyclic) bond motifs is 3. The van der Waals surface area contributed by atoms with E-state index in [0.29, 0.717) is 25.0 Å². The molecule has 3 atom stereocenters. The molecule has 2 aromatic rings. The minimum absolute atomic E-state index is 0.218. The average Bonchev–Trinajstić information content (AvgIpc) is 3.14. The van der Waals surface area contributed by atoms with Crippen LogP contribution in [0, 0.1) is 0 Å². The molecule has 1 aromatic carbocycles. The molecule has 5 rings (SSSR count). The molecule has 0 saturated carbocycles. The van der Waals surface area contributed by atoms with Gasteiger partial charge in [-0.2, -0.15) is 0 Å². The number of imidazole rings is 1. The second kappa shape index (κ2) is 8.51. The van der Waals surface area contributed by atoms with Crippen molar-refractivity contribution in [3.05, 3.63) is 34.2 Å². The van der Waals surface area contributed by atoms with Gasteiger partial charge in [-0.1, -0.05) is 6.07 Å². The van der Waals surface area contributed by atoms with E-state index in [9.17, 15) is 19.2 Å². The number of carbonyl (C=O) groups excluding carboxylic acids is 3. The van der Waals surface area contributed by atoms with Crippen molar-refractivity contribution in [2.24, 2.45) is 7.05 Å². The van der Waals surface area contributed by atoms with Crippen molar-refractivity contribution in [2.75, 3.05) is 13.1 Å². The largest absolute Gasteiger partial charge is 0.444 e. The molecule has 35 heavy (non-hydrogen) atoms. The third-order valence-electron chi connectivity index (χ3n) is 7.33. The molecular weight excluding hydrogens is 450 g/mol. The Hall–Kier alpha value is -3.14. The number of nitrogens with one attached hydrogen (secondary N) is 1. The number of ether oxygens (including phenoxy) is 1. The number of likely N-dealkylation sites (tertiary alicyclic amines) is 1. The maximum absolute atomic E-state index is 13.0. The Bertz CT molecular complexity index is 1240. The van der Waals surface area contributed by atoms with Crippen LogP contribution >= 0.6 is 0 Å². The summed E-state index contributed by atoms with van der Waals surface area (Å²) in [6, 6.07) is 5.77. The monoisotopic (exact) mass is 483 g/mol. The average molecular weight is 484 g/mol. The van der Waals surface area contributed by atoms with Crippen LogP contribution in [0.3, 0.4) is 0 Å². The van der Waals surface area contributed by atoms with Crippen LogP contribution in [-0.2, 0) is 27.9 Å². The maximum Gasteiger partial charge on any atom is 0.410 e. The molecule has 3 saturated heterocycles. The number of benzene rings is 1. The number of rotatable bonds is 3. The third kappa shape index (κ3) is 4.35. The normalized spacial score (nSPS) is 25.3. The van der Waals surface area contributed by atoms with Crippen molar-refractivity contribution in [2.45, 2.75) is 76.7 Å². The minimum atomic E-state index is -0.688. The first-order chi connectivity index (χ1) is 16.5. The van der Waals surface area contributed by atoms with Crippen LogP contribution in [0.4, 0.5) is 4.79 Å². The number of aromatic nitrogens is 2. The van der Waals surface area contributed by atoms with Gasteiger partial charge in [0.1, 0.15) is 11.6 Å². The summed E-state index contributed by atoms with van der Waals surface area (Å²) in [5.74, 6) is -0.734. The molecule has 3 fully saturated rings. The Kier molecular flexibility index (Phi) is 5.74. The van der Waals surface area contributed by atoms with Crippen LogP contribution in [0.2, 0.25) is 0 Å². The van der Waals surface area contributed by atoms with Crippen LogP contribution in [0.15, 0.2) is 23.0 Å². The first-order valence-electron chi connectivity index (χ1n) is 12.3. The van der Waals surface area contributed by atoms with Gasteiger partial charge in [0, 0.05) is 45.2 Å². The zero-order valence-electron chi connectivity index (χ0n) is 20.7. The van der Waals surface area contributed by atoms with E-state index in [-0.39, 0.29) is 36.2 Å². The lowest BCUT2D eigenvalue weighted by Gasteiger charge is -2.41. The predicted molar refractivity (Wildman–Crippen MR) is 129 cm³/mol. The van der Waals surface area contributed by atoms with Crippen molar-refractivity contribution in [1.29, 1.82) is 0 Å². The van der Waals surface area contributed by atoms with Gasteiger partial charge in [-0.05, 0) is 57.7 Å². The lowest BCUT2D eigenvalue weighted by atomic mass is 10.1. The molecule has 10 nitrogen and oxygen atoms in total. The van der Waals surface area contributed by atoms with Gasteiger partial charge in [-0.3, -0.25) is 28.9 Å². The molecule has 0 spiro atoms. The second-order valence-corrected chi connectivity index (χ2v) is 10.9. The van der Waals surface area contributed by atoms with Gasteiger partial charge in [-0.15, -0.1) is 0 Å².